The van der Waals surface area contributed by atoms with Crippen LogP contribution in [0.4, 0.5) is 5.69 Å². The van der Waals surface area contributed by atoms with Crippen molar-refractivity contribution in [3.05, 3.63) is 24.3 Å². The molecule has 6 heteroatoms. The van der Waals surface area contributed by atoms with Gasteiger partial charge in [0.05, 0.1) is 4.90 Å². The predicted octanol–water partition coefficient (Wildman–Crippen LogP) is 3.38. The minimum Gasteiger partial charge on any atom is -0.326 e. The molecule has 1 aliphatic heterocycles. The number of carbonyl (C=O) groups excluding carboxylic acids is 1. The molecule has 0 radical (unpaired) electrons. The lowest BCUT2D eigenvalue weighted by Gasteiger charge is -2.32. The fourth-order valence-electron chi connectivity index (χ4n) is 2.84. The fourth-order valence-corrected chi connectivity index (χ4v) is 4.53. The second-order valence-corrected chi connectivity index (χ2v) is 8.03. The highest BCUT2D eigenvalue weighted by molar-refractivity contribution is 7.89. The molecule has 1 fully saturated rings. The van der Waals surface area contributed by atoms with Crippen molar-refractivity contribution in [1.29, 1.82) is 0 Å². The highest BCUT2D eigenvalue weighted by Gasteiger charge is 2.30. The van der Waals surface area contributed by atoms with E-state index in [1.165, 1.54) is 0 Å². The number of sulfonamides is 1. The van der Waals surface area contributed by atoms with Gasteiger partial charge in [0.1, 0.15) is 0 Å². The number of rotatable bonds is 6. The Balaban J connectivity index is 2.07. The molecule has 1 amide bonds. The van der Waals surface area contributed by atoms with Crippen LogP contribution in [0.15, 0.2) is 29.2 Å². The number of benzene rings is 1. The third kappa shape index (κ3) is 4.54. The second kappa shape index (κ2) is 7.93. The van der Waals surface area contributed by atoms with Gasteiger partial charge in [-0.25, -0.2) is 8.42 Å². The summed E-state index contributed by atoms with van der Waals surface area (Å²) in [6, 6.07) is 6.51. The molecule has 23 heavy (non-hydrogen) atoms. The summed E-state index contributed by atoms with van der Waals surface area (Å²) in [5, 5.41) is 2.80. The van der Waals surface area contributed by atoms with Crippen molar-refractivity contribution in [2.24, 2.45) is 0 Å². The van der Waals surface area contributed by atoms with Gasteiger partial charge in [-0.05, 0) is 50.5 Å². The zero-order valence-corrected chi connectivity index (χ0v) is 14.7. The SMILES string of the molecule is CCCCC(=O)Nc1ccc(S(=O)(=O)N2CCCC[C@@H]2C)cc1. The number of nitrogens with one attached hydrogen (secondary N) is 1. The molecule has 5 nitrogen and oxygen atoms in total. The molecule has 1 atom stereocenters. The quantitative estimate of drug-likeness (QED) is 0.864. The largest absolute Gasteiger partial charge is 0.326 e. The van der Waals surface area contributed by atoms with E-state index >= 15 is 0 Å². The van der Waals surface area contributed by atoms with Gasteiger partial charge in [-0.3, -0.25) is 4.79 Å². The molecule has 1 saturated heterocycles. The molecule has 1 heterocycles. The first-order valence-electron chi connectivity index (χ1n) is 8.37. The Morgan fingerprint density at radius 1 is 1.26 bits per heavy atom. The maximum atomic E-state index is 12.7. The summed E-state index contributed by atoms with van der Waals surface area (Å²) in [5.74, 6) is -0.0351. The minimum atomic E-state index is -3.45. The lowest BCUT2D eigenvalue weighted by atomic mass is 10.1. The van der Waals surface area contributed by atoms with Gasteiger partial charge in [0.2, 0.25) is 15.9 Å². The van der Waals surface area contributed by atoms with Crippen molar-refractivity contribution < 1.29 is 13.2 Å². The maximum absolute atomic E-state index is 12.7. The van der Waals surface area contributed by atoms with Crippen LogP contribution in [0.5, 0.6) is 0 Å². The first-order valence-corrected chi connectivity index (χ1v) is 9.81. The summed E-state index contributed by atoms with van der Waals surface area (Å²) in [4.78, 5) is 12.0. The van der Waals surface area contributed by atoms with Crippen LogP contribution < -0.4 is 5.32 Å². The lowest BCUT2D eigenvalue weighted by Crippen LogP contribution is -2.41. The van der Waals surface area contributed by atoms with Crippen molar-refractivity contribution in [3.63, 3.8) is 0 Å². The third-order valence-electron chi connectivity index (χ3n) is 4.24. The summed E-state index contributed by atoms with van der Waals surface area (Å²) in [6.45, 7) is 4.58. The van der Waals surface area contributed by atoms with E-state index in [4.69, 9.17) is 0 Å². The van der Waals surface area contributed by atoms with Gasteiger partial charge in [-0.15, -0.1) is 0 Å². The van der Waals surface area contributed by atoms with Crippen molar-refractivity contribution in [2.75, 3.05) is 11.9 Å². The van der Waals surface area contributed by atoms with Gasteiger partial charge in [0, 0.05) is 24.7 Å². The molecule has 2 rings (SSSR count). The van der Waals surface area contributed by atoms with E-state index in [-0.39, 0.29) is 16.8 Å². The van der Waals surface area contributed by atoms with Gasteiger partial charge < -0.3 is 5.32 Å². The smallest absolute Gasteiger partial charge is 0.243 e. The average molecular weight is 338 g/mol. The summed E-state index contributed by atoms with van der Waals surface area (Å²) >= 11 is 0. The highest BCUT2D eigenvalue weighted by atomic mass is 32.2. The van der Waals surface area contributed by atoms with Crippen molar-refractivity contribution in [3.8, 4) is 0 Å². The van der Waals surface area contributed by atoms with Crippen LogP contribution >= 0.6 is 0 Å². The van der Waals surface area contributed by atoms with Crippen LogP contribution in [-0.4, -0.2) is 31.2 Å². The summed E-state index contributed by atoms with van der Waals surface area (Å²) in [6.07, 6.45) is 5.21. The second-order valence-electron chi connectivity index (χ2n) is 6.14. The molecule has 1 aromatic rings. The van der Waals surface area contributed by atoms with Crippen LogP contribution in [0.2, 0.25) is 0 Å². The van der Waals surface area contributed by atoms with Gasteiger partial charge in [-0.2, -0.15) is 4.31 Å². The Morgan fingerprint density at radius 3 is 2.57 bits per heavy atom. The normalized spacial score (nSPS) is 19.5. The van der Waals surface area contributed by atoms with Crippen molar-refractivity contribution >= 4 is 21.6 Å². The Bertz CT molecular complexity index is 626. The number of unbranched alkanes of at least 4 members (excludes halogenated alkanes) is 1. The zero-order valence-electron chi connectivity index (χ0n) is 13.9. The Morgan fingerprint density at radius 2 is 1.96 bits per heavy atom. The number of anilines is 1. The lowest BCUT2D eigenvalue weighted by molar-refractivity contribution is -0.116. The van der Waals surface area contributed by atoms with E-state index < -0.39 is 10.0 Å². The number of carbonyl (C=O) groups is 1. The van der Waals surface area contributed by atoms with Crippen LogP contribution in [0.1, 0.15) is 52.4 Å². The Kier molecular flexibility index (Phi) is 6.18. The van der Waals surface area contributed by atoms with Gasteiger partial charge in [0.25, 0.3) is 0 Å². The first kappa shape index (κ1) is 17.9. The molecule has 0 saturated carbocycles. The molecule has 1 aliphatic rings. The van der Waals surface area contributed by atoms with E-state index in [9.17, 15) is 13.2 Å². The van der Waals surface area contributed by atoms with E-state index in [0.29, 0.717) is 18.7 Å². The standard InChI is InChI=1S/C17H26N2O3S/c1-3-4-8-17(20)18-15-9-11-16(12-10-15)23(21,22)19-13-6-5-7-14(19)2/h9-12,14H,3-8,13H2,1-2H3,(H,18,20)/t14-/m0/s1. The predicted molar refractivity (Wildman–Crippen MR) is 91.8 cm³/mol. The Labute approximate surface area is 139 Å². The molecule has 1 aromatic carbocycles. The zero-order chi connectivity index (χ0) is 16.9. The van der Waals surface area contributed by atoms with Crippen molar-refractivity contribution in [2.45, 2.75) is 63.3 Å². The summed E-state index contributed by atoms with van der Waals surface area (Å²) in [7, 11) is -3.45. The van der Waals surface area contributed by atoms with Gasteiger partial charge in [-0.1, -0.05) is 19.8 Å². The third-order valence-corrected chi connectivity index (χ3v) is 6.27. The van der Waals surface area contributed by atoms with Crippen LogP contribution in [-0.2, 0) is 14.8 Å². The first-order chi connectivity index (χ1) is 10.9. The van der Waals surface area contributed by atoms with E-state index in [2.05, 4.69) is 5.32 Å². The number of nitrogens with zero attached hydrogens (tertiary/aromatic N) is 1. The van der Waals surface area contributed by atoms with E-state index in [0.717, 1.165) is 32.1 Å². The van der Waals surface area contributed by atoms with E-state index in [1.807, 2.05) is 13.8 Å². The van der Waals surface area contributed by atoms with Gasteiger partial charge >= 0.3 is 0 Å². The molecule has 0 bridgehead atoms. The average Bonchev–Trinajstić information content (AvgIpc) is 2.53. The molecule has 0 aliphatic carbocycles. The number of hydrogen-bond acceptors (Lipinski definition) is 3. The van der Waals surface area contributed by atoms with Crippen LogP contribution in [0, 0.1) is 0 Å². The van der Waals surface area contributed by atoms with Gasteiger partial charge in [0.15, 0.2) is 0 Å². The van der Waals surface area contributed by atoms with Crippen molar-refractivity contribution in [1.82, 2.24) is 4.31 Å². The molecule has 0 unspecified atom stereocenters. The molecule has 0 aromatic heterocycles. The van der Waals surface area contributed by atoms with Crippen LogP contribution in [0.3, 0.4) is 0 Å². The summed E-state index contributed by atoms with van der Waals surface area (Å²) < 4.78 is 27.0. The molecule has 1 N–H and O–H groups in total. The number of piperidine rings is 1. The summed E-state index contributed by atoms with van der Waals surface area (Å²) in [5.41, 5.74) is 0.636. The number of amides is 1. The van der Waals surface area contributed by atoms with E-state index in [1.54, 1.807) is 28.6 Å². The fraction of sp³-hybridized carbons (Fsp3) is 0.588. The monoisotopic (exact) mass is 338 g/mol. The topological polar surface area (TPSA) is 66.5 Å². The Hall–Kier alpha value is -1.40. The molecular weight excluding hydrogens is 312 g/mol. The van der Waals surface area contributed by atoms with Crippen LogP contribution in [0.25, 0.3) is 0 Å². The molecular formula is C17H26N2O3S. The maximum Gasteiger partial charge on any atom is 0.243 e. The molecule has 128 valence electrons. The highest BCUT2D eigenvalue weighted by Crippen LogP contribution is 2.25. The number of hydrogen-bond donors (Lipinski definition) is 1. The minimum absolute atomic E-state index is 0.0351. The molecule has 0 spiro atoms.